The Morgan fingerprint density at radius 3 is 2.35 bits per heavy atom. The molecule has 0 unspecified atom stereocenters. The third-order valence-corrected chi connectivity index (χ3v) is 6.02. The van der Waals surface area contributed by atoms with Crippen molar-refractivity contribution in [2.45, 2.75) is 29.7 Å². The van der Waals surface area contributed by atoms with E-state index in [9.17, 15) is 13.2 Å². The minimum Gasteiger partial charge on any atom is -0.495 e. The van der Waals surface area contributed by atoms with Gasteiger partial charge in [0.1, 0.15) is 5.75 Å². The van der Waals surface area contributed by atoms with Gasteiger partial charge in [-0.3, -0.25) is 4.79 Å². The fourth-order valence-corrected chi connectivity index (χ4v) is 4.07. The summed E-state index contributed by atoms with van der Waals surface area (Å²) in [5.41, 5.74) is 1.17. The Hall–Kier alpha value is -2.03. The first-order valence-corrected chi connectivity index (χ1v) is 10.6. The molecule has 0 aliphatic carbocycles. The number of hydrogen-bond donors (Lipinski definition) is 2. The van der Waals surface area contributed by atoms with Gasteiger partial charge in [0.05, 0.1) is 17.7 Å². The van der Waals surface area contributed by atoms with Gasteiger partial charge < -0.3 is 10.1 Å². The summed E-state index contributed by atoms with van der Waals surface area (Å²) in [6.45, 7) is 3.13. The van der Waals surface area contributed by atoms with Crippen molar-refractivity contribution in [2.75, 3.05) is 18.7 Å². The number of nitrogens with one attached hydrogen (secondary N) is 2. The summed E-state index contributed by atoms with van der Waals surface area (Å²) in [5.74, 6) is 0.0768. The van der Waals surface area contributed by atoms with Gasteiger partial charge in [0, 0.05) is 17.9 Å². The first-order chi connectivity index (χ1) is 12.3. The standard InChI is InChI=1S/C18H22N2O4S2/c1-12(14-5-7-15(25-4)8-6-14)20-26(22,23)16-9-10-18(24-3)17(11-16)19-13(2)21/h5-12,20H,1-4H3,(H,19,21)/t12-/m0/s1. The molecule has 2 N–H and O–H groups in total. The average molecular weight is 395 g/mol. The van der Waals surface area contributed by atoms with Crippen LogP contribution in [0.3, 0.4) is 0 Å². The number of carbonyl (C=O) groups excluding carboxylic acids is 1. The second-order valence-corrected chi connectivity index (χ2v) is 8.25. The zero-order chi connectivity index (χ0) is 19.3. The predicted octanol–water partition coefficient (Wildman–Crippen LogP) is 3.42. The fraction of sp³-hybridized carbons (Fsp3) is 0.278. The molecular weight excluding hydrogens is 372 g/mol. The van der Waals surface area contributed by atoms with E-state index in [1.165, 1.54) is 32.2 Å². The highest BCUT2D eigenvalue weighted by atomic mass is 32.2. The van der Waals surface area contributed by atoms with Gasteiger partial charge in [0.15, 0.2) is 0 Å². The Labute approximate surface area is 158 Å². The molecule has 0 heterocycles. The molecule has 1 amide bonds. The van der Waals surface area contributed by atoms with Gasteiger partial charge in [-0.25, -0.2) is 13.1 Å². The molecule has 1 atom stereocenters. The number of anilines is 1. The van der Waals surface area contributed by atoms with Crippen molar-refractivity contribution in [3.63, 3.8) is 0 Å². The predicted molar refractivity (Wildman–Crippen MR) is 104 cm³/mol. The Kier molecular flexibility index (Phi) is 6.69. The number of rotatable bonds is 7. The third-order valence-electron chi connectivity index (χ3n) is 3.74. The molecule has 2 rings (SSSR count). The van der Waals surface area contributed by atoms with Gasteiger partial charge in [-0.05, 0) is 49.1 Å². The molecule has 0 radical (unpaired) electrons. The largest absolute Gasteiger partial charge is 0.495 e. The molecule has 8 heteroatoms. The van der Waals surface area contributed by atoms with Crippen LogP contribution in [0.4, 0.5) is 5.69 Å². The van der Waals surface area contributed by atoms with Gasteiger partial charge in [-0.15, -0.1) is 11.8 Å². The molecule has 0 saturated heterocycles. The van der Waals surface area contributed by atoms with E-state index in [0.717, 1.165) is 10.5 Å². The van der Waals surface area contributed by atoms with Gasteiger partial charge in [0.2, 0.25) is 15.9 Å². The van der Waals surface area contributed by atoms with Crippen LogP contribution in [0.5, 0.6) is 5.75 Å². The van der Waals surface area contributed by atoms with Crippen molar-refractivity contribution < 1.29 is 17.9 Å². The minimum absolute atomic E-state index is 0.0506. The van der Waals surface area contributed by atoms with Gasteiger partial charge in [-0.1, -0.05) is 12.1 Å². The van der Waals surface area contributed by atoms with Crippen molar-refractivity contribution in [2.24, 2.45) is 0 Å². The molecule has 0 saturated carbocycles. The molecule has 6 nitrogen and oxygen atoms in total. The summed E-state index contributed by atoms with van der Waals surface area (Å²) in [7, 11) is -2.32. The maximum absolute atomic E-state index is 12.7. The van der Waals surface area contributed by atoms with E-state index in [2.05, 4.69) is 10.0 Å². The van der Waals surface area contributed by atoms with Crippen LogP contribution in [0.1, 0.15) is 25.5 Å². The third kappa shape index (κ3) is 5.00. The molecule has 0 fully saturated rings. The van der Waals surface area contributed by atoms with Crippen molar-refractivity contribution in [1.29, 1.82) is 0 Å². The van der Waals surface area contributed by atoms with E-state index < -0.39 is 16.1 Å². The number of hydrogen-bond acceptors (Lipinski definition) is 5. The first kappa shape index (κ1) is 20.3. The van der Waals surface area contributed by atoms with Crippen molar-refractivity contribution in [1.82, 2.24) is 4.72 Å². The van der Waals surface area contributed by atoms with Crippen LogP contribution < -0.4 is 14.8 Å². The molecular formula is C18H22N2O4S2. The highest BCUT2D eigenvalue weighted by molar-refractivity contribution is 7.98. The van der Waals surface area contributed by atoms with Crippen LogP contribution in [0, 0.1) is 0 Å². The topological polar surface area (TPSA) is 84.5 Å². The number of benzene rings is 2. The van der Waals surface area contributed by atoms with Crippen LogP contribution in [0.25, 0.3) is 0 Å². The van der Waals surface area contributed by atoms with Crippen molar-refractivity contribution >= 4 is 33.4 Å². The number of methoxy groups -OCH3 is 1. The number of carbonyl (C=O) groups is 1. The summed E-state index contributed by atoms with van der Waals surface area (Å²) >= 11 is 1.62. The van der Waals surface area contributed by atoms with Crippen molar-refractivity contribution in [3.8, 4) is 5.75 Å². The van der Waals surface area contributed by atoms with Gasteiger partial charge in [-0.2, -0.15) is 0 Å². The molecule has 0 aromatic heterocycles. The Morgan fingerprint density at radius 1 is 1.15 bits per heavy atom. The molecule has 0 aliphatic heterocycles. The first-order valence-electron chi connectivity index (χ1n) is 7.88. The molecule has 140 valence electrons. The highest BCUT2D eigenvalue weighted by Crippen LogP contribution is 2.28. The van der Waals surface area contributed by atoms with E-state index >= 15 is 0 Å². The lowest BCUT2D eigenvalue weighted by Gasteiger charge is -2.16. The van der Waals surface area contributed by atoms with E-state index in [0.29, 0.717) is 11.4 Å². The quantitative estimate of drug-likeness (QED) is 0.703. The Bertz CT molecular complexity index is 881. The van der Waals surface area contributed by atoms with Gasteiger partial charge >= 0.3 is 0 Å². The Balaban J connectivity index is 2.26. The lowest BCUT2D eigenvalue weighted by molar-refractivity contribution is -0.114. The number of ether oxygens (including phenoxy) is 1. The second-order valence-electron chi connectivity index (χ2n) is 5.66. The van der Waals surface area contributed by atoms with E-state index in [-0.39, 0.29) is 10.8 Å². The monoisotopic (exact) mass is 394 g/mol. The summed E-state index contributed by atoms with van der Waals surface area (Å²) in [5, 5.41) is 2.58. The molecule has 0 bridgehead atoms. The normalized spacial score (nSPS) is 12.5. The average Bonchev–Trinajstić information content (AvgIpc) is 2.60. The molecule has 2 aromatic carbocycles. The summed E-state index contributed by atoms with van der Waals surface area (Å²) in [4.78, 5) is 12.5. The summed E-state index contributed by atoms with van der Waals surface area (Å²) < 4.78 is 33.2. The zero-order valence-electron chi connectivity index (χ0n) is 15.1. The maximum Gasteiger partial charge on any atom is 0.241 e. The molecule has 0 aliphatic rings. The molecule has 26 heavy (non-hydrogen) atoms. The lowest BCUT2D eigenvalue weighted by atomic mass is 10.1. The number of thioether (sulfide) groups is 1. The number of sulfonamides is 1. The number of amides is 1. The van der Waals surface area contributed by atoms with E-state index in [1.807, 2.05) is 30.5 Å². The fourth-order valence-electron chi connectivity index (χ4n) is 2.40. The molecule has 0 spiro atoms. The van der Waals surface area contributed by atoms with Gasteiger partial charge in [0.25, 0.3) is 0 Å². The van der Waals surface area contributed by atoms with Crippen molar-refractivity contribution in [3.05, 3.63) is 48.0 Å². The van der Waals surface area contributed by atoms with Crippen LogP contribution in [-0.4, -0.2) is 27.7 Å². The molecule has 2 aromatic rings. The van der Waals surface area contributed by atoms with Crippen LogP contribution in [-0.2, 0) is 14.8 Å². The zero-order valence-corrected chi connectivity index (χ0v) is 16.7. The summed E-state index contributed by atoms with van der Waals surface area (Å²) in [6.07, 6.45) is 1.98. The van der Waals surface area contributed by atoms with E-state index in [1.54, 1.807) is 18.7 Å². The SMILES string of the molecule is COc1ccc(S(=O)(=O)N[C@@H](C)c2ccc(SC)cc2)cc1NC(C)=O. The second kappa shape index (κ2) is 8.57. The van der Waals surface area contributed by atoms with Crippen LogP contribution >= 0.6 is 11.8 Å². The Morgan fingerprint density at radius 2 is 1.81 bits per heavy atom. The maximum atomic E-state index is 12.7. The minimum atomic E-state index is -3.77. The lowest BCUT2D eigenvalue weighted by Crippen LogP contribution is -2.27. The van der Waals surface area contributed by atoms with E-state index in [4.69, 9.17) is 4.74 Å². The highest BCUT2D eigenvalue weighted by Gasteiger charge is 2.20. The smallest absolute Gasteiger partial charge is 0.241 e. The van der Waals surface area contributed by atoms with Crippen LogP contribution in [0.15, 0.2) is 52.3 Å². The summed E-state index contributed by atoms with van der Waals surface area (Å²) in [6, 6.07) is 11.6. The van der Waals surface area contributed by atoms with Crippen LogP contribution in [0.2, 0.25) is 0 Å².